The lowest BCUT2D eigenvalue weighted by atomic mass is 10.0. The molecule has 31 heavy (non-hydrogen) atoms. The van der Waals surface area contributed by atoms with Gasteiger partial charge in [0, 0.05) is 25.6 Å². The first-order chi connectivity index (χ1) is 14.8. The molecule has 1 fully saturated rings. The molecule has 1 aliphatic rings. The summed E-state index contributed by atoms with van der Waals surface area (Å²) in [4.78, 5) is 25.0. The van der Waals surface area contributed by atoms with Crippen LogP contribution in [0.4, 0.5) is 13.6 Å². The number of carbonyl (C=O) groups is 2. The van der Waals surface area contributed by atoms with Gasteiger partial charge in [0.15, 0.2) is 5.60 Å². The van der Waals surface area contributed by atoms with Crippen LogP contribution in [0, 0.1) is 5.82 Å². The topological polar surface area (TPSA) is 77.1 Å². The number of hydrogen-bond acceptors (Lipinski definition) is 5. The highest BCUT2D eigenvalue weighted by atomic mass is 19.1. The van der Waals surface area contributed by atoms with Crippen molar-refractivity contribution in [2.45, 2.75) is 31.8 Å². The number of carbonyl (C=O) groups excluding carboxylic acids is 2. The second kappa shape index (κ2) is 11.6. The third-order valence-electron chi connectivity index (χ3n) is 4.95. The molecular formula is C22H30F2N2O5. The molecule has 0 aromatic heterocycles. The number of nitrogens with zero attached hydrogens (tertiary/aromatic N) is 1. The van der Waals surface area contributed by atoms with Gasteiger partial charge < -0.3 is 24.4 Å². The van der Waals surface area contributed by atoms with Gasteiger partial charge in [0.2, 0.25) is 5.91 Å². The van der Waals surface area contributed by atoms with Gasteiger partial charge in [-0.05, 0) is 23.6 Å². The minimum Gasteiger partial charge on any atom is -0.491 e. The number of nitrogens with one attached hydrogen (secondary N) is 1. The van der Waals surface area contributed by atoms with Gasteiger partial charge in [0.25, 0.3) is 0 Å². The summed E-state index contributed by atoms with van der Waals surface area (Å²) in [7, 11) is 0. The van der Waals surface area contributed by atoms with E-state index in [1.807, 2.05) is 13.8 Å². The lowest BCUT2D eigenvalue weighted by Crippen LogP contribution is -2.44. The van der Waals surface area contributed by atoms with Gasteiger partial charge in [-0.3, -0.25) is 4.79 Å². The van der Waals surface area contributed by atoms with E-state index in [-0.39, 0.29) is 57.0 Å². The number of halogens is 2. The van der Waals surface area contributed by atoms with Gasteiger partial charge >= 0.3 is 6.09 Å². The first-order valence-corrected chi connectivity index (χ1v) is 10.2. The second-order valence-electron chi connectivity index (χ2n) is 7.64. The molecule has 2 rings (SSSR count). The molecular weight excluding hydrogens is 410 g/mol. The van der Waals surface area contributed by atoms with Crippen molar-refractivity contribution in [1.29, 1.82) is 0 Å². The number of benzene rings is 1. The van der Waals surface area contributed by atoms with Crippen LogP contribution in [0.1, 0.15) is 31.7 Å². The molecule has 0 aliphatic carbocycles. The summed E-state index contributed by atoms with van der Waals surface area (Å²) in [5.41, 5.74) is -0.427. The van der Waals surface area contributed by atoms with Crippen molar-refractivity contribution in [2.24, 2.45) is 0 Å². The van der Waals surface area contributed by atoms with Crippen molar-refractivity contribution in [1.82, 2.24) is 10.2 Å². The highest BCUT2D eigenvalue weighted by Gasteiger charge is 2.43. The smallest absolute Gasteiger partial charge is 0.407 e. The summed E-state index contributed by atoms with van der Waals surface area (Å²) in [5, 5.41) is 2.50. The molecule has 1 aromatic carbocycles. The molecule has 0 spiro atoms. The van der Waals surface area contributed by atoms with E-state index in [9.17, 15) is 18.4 Å². The Kier molecular flexibility index (Phi) is 9.23. The predicted octanol–water partition coefficient (Wildman–Crippen LogP) is 3.20. The van der Waals surface area contributed by atoms with Crippen LogP contribution < -0.4 is 10.1 Å². The number of likely N-dealkylation sites (tertiary alicyclic amines) is 1. The SMILES string of the molecule is C=CC(=O)N1CCC(CF)(OC(=O)NCCOCCOc2cc(F)ccc2C(C)C)C1. The molecule has 172 valence electrons. The summed E-state index contributed by atoms with van der Waals surface area (Å²) < 4.78 is 43.2. The molecule has 1 aromatic rings. The molecule has 0 saturated carbocycles. The van der Waals surface area contributed by atoms with Crippen LogP contribution in [0.2, 0.25) is 0 Å². The molecule has 1 saturated heterocycles. The molecule has 0 bridgehead atoms. The van der Waals surface area contributed by atoms with Gasteiger partial charge in [-0.2, -0.15) is 0 Å². The van der Waals surface area contributed by atoms with Crippen molar-refractivity contribution < 1.29 is 32.6 Å². The Bertz CT molecular complexity index is 774. The maximum atomic E-state index is 13.5. The molecule has 1 aliphatic heterocycles. The Morgan fingerprint density at radius 2 is 2.10 bits per heavy atom. The predicted molar refractivity (Wildman–Crippen MR) is 111 cm³/mol. The summed E-state index contributed by atoms with van der Waals surface area (Å²) in [6.45, 7) is 7.64. The van der Waals surface area contributed by atoms with E-state index in [0.717, 1.165) is 11.6 Å². The second-order valence-corrected chi connectivity index (χ2v) is 7.64. The van der Waals surface area contributed by atoms with E-state index in [4.69, 9.17) is 14.2 Å². The Labute approximate surface area is 181 Å². The fourth-order valence-electron chi connectivity index (χ4n) is 3.26. The normalized spacial score (nSPS) is 18.2. The van der Waals surface area contributed by atoms with Crippen molar-refractivity contribution in [3.63, 3.8) is 0 Å². The quantitative estimate of drug-likeness (QED) is 0.422. The number of rotatable bonds is 11. The summed E-state index contributed by atoms with van der Waals surface area (Å²) in [5.74, 6) is -0.0134. The van der Waals surface area contributed by atoms with Crippen molar-refractivity contribution >= 4 is 12.0 Å². The Morgan fingerprint density at radius 3 is 2.77 bits per heavy atom. The number of ether oxygens (including phenoxy) is 3. The fourth-order valence-corrected chi connectivity index (χ4v) is 3.26. The number of alkyl carbamates (subject to hydrolysis) is 1. The van der Waals surface area contributed by atoms with Crippen LogP contribution in [0.3, 0.4) is 0 Å². The van der Waals surface area contributed by atoms with Crippen LogP contribution in [-0.4, -0.2) is 68.6 Å². The molecule has 9 heteroatoms. The van der Waals surface area contributed by atoms with Gasteiger partial charge in [-0.25, -0.2) is 13.6 Å². The minimum absolute atomic E-state index is 0.00590. The van der Waals surface area contributed by atoms with E-state index in [1.54, 1.807) is 6.07 Å². The van der Waals surface area contributed by atoms with Crippen molar-refractivity contribution in [2.75, 3.05) is 46.1 Å². The lowest BCUT2D eigenvalue weighted by Gasteiger charge is -2.26. The third kappa shape index (κ3) is 7.20. The van der Waals surface area contributed by atoms with Gasteiger partial charge in [-0.1, -0.05) is 26.5 Å². The fraction of sp³-hybridized carbons (Fsp3) is 0.545. The maximum absolute atomic E-state index is 13.5. The van der Waals surface area contributed by atoms with E-state index < -0.39 is 18.4 Å². The average molecular weight is 440 g/mol. The molecule has 2 amide bonds. The van der Waals surface area contributed by atoms with Crippen molar-refractivity contribution in [3.05, 3.63) is 42.2 Å². The van der Waals surface area contributed by atoms with Crippen LogP contribution in [0.25, 0.3) is 0 Å². The first-order valence-electron chi connectivity index (χ1n) is 10.2. The minimum atomic E-state index is -1.34. The van der Waals surface area contributed by atoms with Crippen LogP contribution in [0.15, 0.2) is 30.9 Å². The average Bonchev–Trinajstić information content (AvgIpc) is 3.16. The number of amides is 2. The lowest BCUT2D eigenvalue weighted by molar-refractivity contribution is -0.126. The van der Waals surface area contributed by atoms with E-state index >= 15 is 0 Å². The van der Waals surface area contributed by atoms with E-state index in [2.05, 4.69) is 11.9 Å². The molecule has 1 N–H and O–H groups in total. The molecule has 1 unspecified atom stereocenters. The monoisotopic (exact) mass is 440 g/mol. The van der Waals surface area contributed by atoms with Crippen molar-refractivity contribution in [3.8, 4) is 5.75 Å². The summed E-state index contributed by atoms with van der Waals surface area (Å²) in [6.07, 6.45) is 0.600. The zero-order chi connectivity index (χ0) is 22.9. The zero-order valence-electron chi connectivity index (χ0n) is 18.0. The van der Waals surface area contributed by atoms with Gasteiger partial charge in [0.1, 0.15) is 24.8 Å². The van der Waals surface area contributed by atoms with Gasteiger partial charge in [0.05, 0.1) is 19.8 Å². The molecule has 7 nitrogen and oxygen atoms in total. The summed E-state index contributed by atoms with van der Waals surface area (Å²) in [6, 6.07) is 4.45. The van der Waals surface area contributed by atoms with Crippen LogP contribution in [-0.2, 0) is 14.3 Å². The number of hydrogen-bond donors (Lipinski definition) is 1. The highest BCUT2D eigenvalue weighted by Crippen LogP contribution is 2.27. The Balaban J connectivity index is 1.65. The highest BCUT2D eigenvalue weighted by molar-refractivity contribution is 5.87. The van der Waals surface area contributed by atoms with Crippen LogP contribution in [0.5, 0.6) is 5.75 Å². The van der Waals surface area contributed by atoms with E-state index in [0.29, 0.717) is 12.3 Å². The Morgan fingerprint density at radius 1 is 1.32 bits per heavy atom. The third-order valence-corrected chi connectivity index (χ3v) is 4.95. The molecule has 0 radical (unpaired) electrons. The van der Waals surface area contributed by atoms with Crippen LogP contribution >= 0.6 is 0 Å². The standard InChI is InChI=1S/C22H30F2N2O5/c1-4-20(27)26-9-7-22(14-23,15-26)31-21(28)25-8-10-29-11-12-30-19-13-17(24)5-6-18(19)16(2)3/h4-6,13,16H,1,7-12,14-15H2,2-3H3,(H,25,28). The largest absolute Gasteiger partial charge is 0.491 e. The van der Waals surface area contributed by atoms with Gasteiger partial charge in [-0.15, -0.1) is 0 Å². The zero-order valence-corrected chi connectivity index (χ0v) is 18.0. The first kappa shape index (κ1) is 24.6. The Hall–Kier alpha value is -2.68. The maximum Gasteiger partial charge on any atom is 0.407 e. The molecule has 1 atom stereocenters. The number of alkyl halides is 1. The summed E-state index contributed by atoms with van der Waals surface area (Å²) >= 11 is 0. The molecule has 1 heterocycles. The van der Waals surface area contributed by atoms with E-state index in [1.165, 1.54) is 17.0 Å².